The van der Waals surface area contributed by atoms with Crippen LogP contribution >= 0.6 is 0 Å². The third kappa shape index (κ3) is 6.41. The van der Waals surface area contributed by atoms with Crippen molar-refractivity contribution >= 4 is 22.9 Å². The summed E-state index contributed by atoms with van der Waals surface area (Å²) in [6.07, 6.45) is 0.994. The van der Waals surface area contributed by atoms with Crippen LogP contribution in [0, 0.1) is 0 Å². The number of alkyl halides is 3. The van der Waals surface area contributed by atoms with Crippen LogP contribution in [0.3, 0.4) is 0 Å². The van der Waals surface area contributed by atoms with Gasteiger partial charge in [0.05, 0.1) is 30.5 Å². The normalized spacial score (nSPS) is 25.4. The second-order valence-electron chi connectivity index (χ2n) is 9.39. The maximum Gasteiger partial charge on any atom is 0.407 e. The smallest absolute Gasteiger partial charge is 0.407 e. The lowest BCUT2D eigenvalue weighted by atomic mass is 9.82. The lowest BCUT2D eigenvalue weighted by Crippen LogP contribution is -2.49. The summed E-state index contributed by atoms with van der Waals surface area (Å²) in [6.45, 7) is 1.43. The van der Waals surface area contributed by atoms with Crippen LogP contribution in [0.2, 0.25) is 0 Å². The number of aliphatic hydroxyl groups is 1. The zero-order valence-corrected chi connectivity index (χ0v) is 19.6. The minimum Gasteiger partial charge on any atom is -0.474 e. The number of ether oxygens (including phenoxy) is 2. The van der Waals surface area contributed by atoms with Crippen molar-refractivity contribution in [3.8, 4) is 5.88 Å². The predicted octanol–water partition coefficient (Wildman–Crippen LogP) is 4.06. The predicted molar refractivity (Wildman–Crippen MR) is 121 cm³/mol. The fourth-order valence-electron chi connectivity index (χ4n) is 4.65. The molecule has 9 nitrogen and oxygen atoms in total. The van der Waals surface area contributed by atoms with Gasteiger partial charge in [0, 0.05) is 42.9 Å². The fraction of sp³-hybridized carbons (Fsp3) is 0.652. The Morgan fingerprint density at radius 1 is 1.20 bits per heavy atom. The number of carbonyl (C=O) groups is 1. The Morgan fingerprint density at radius 3 is 2.57 bits per heavy atom. The van der Waals surface area contributed by atoms with Crippen LogP contribution in [0.1, 0.15) is 63.4 Å². The van der Waals surface area contributed by atoms with Gasteiger partial charge in [0.1, 0.15) is 6.10 Å². The van der Waals surface area contributed by atoms with E-state index in [2.05, 4.69) is 30.3 Å². The first kappa shape index (κ1) is 25.2. The van der Waals surface area contributed by atoms with Crippen LogP contribution in [-0.2, 0) is 4.74 Å². The molecular formula is C23H30F3N5O4. The number of carbonyl (C=O) groups excluding carboxylic acids is 1. The molecule has 192 valence electrons. The molecule has 0 radical (unpaired) electrons. The quantitative estimate of drug-likeness (QED) is 0.524. The lowest BCUT2D eigenvalue weighted by Gasteiger charge is -2.35. The van der Waals surface area contributed by atoms with E-state index < -0.39 is 24.7 Å². The number of pyridine rings is 1. The van der Waals surface area contributed by atoms with Crippen molar-refractivity contribution in [2.75, 3.05) is 12.4 Å². The number of hydrogen-bond acceptors (Lipinski definition) is 8. The fourth-order valence-corrected chi connectivity index (χ4v) is 4.65. The monoisotopic (exact) mass is 497 g/mol. The highest BCUT2D eigenvalue weighted by Gasteiger charge is 2.34. The molecule has 2 fully saturated rings. The van der Waals surface area contributed by atoms with E-state index in [1.165, 1.54) is 20.2 Å². The van der Waals surface area contributed by atoms with Crippen LogP contribution in [0.5, 0.6) is 5.88 Å². The van der Waals surface area contributed by atoms with Crippen LogP contribution in [0.4, 0.5) is 23.9 Å². The molecular weight excluding hydrogens is 467 g/mol. The average Bonchev–Trinajstić information content (AvgIpc) is 2.76. The van der Waals surface area contributed by atoms with Gasteiger partial charge in [-0.2, -0.15) is 13.2 Å². The number of nitrogens with one attached hydrogen (secondary N) is 2. The summed E-state index contributed by atoms with van der Waals surface area (Å²) in [5.74, 6) is 0.570. The number of aliphatic hydroxyl groups excluding tert-OH is 1. The summed E-state index contributed by atoms with van der Waals surface area (Å²) in [6, 6.07) is -0.943. The van der Waals surface area contributed by atoms with Gasteiger partial charge in [-0.3, -0.25) is 0 Å². The van der Waals surface area contributed by atoms with Crippen molar-refractivity contribution in [2.24, 2.45) is 0 Å². The van der Waals surface area contributed by atoms with Gasteiger partial charge in [-0.15, -0.1) is 0 Å². The molecule has 0 bridgehead atoms. The van der Waals surface area contributed by atoms with Gasteiger partial charge in [-0.05, 0) is 38.5 Å². The van der Waals surface area contributed by atoms with Crippen molar-refractivity contribution in [1.82, 2.24) is 20.3 Å². The number of hydrogen-bond donors (Lipinski definition) is 3. The largest absolute Gasteiger partial charge is 0.474 e. The van der Waals surface area contributed by atoms with Gasteiger partial charge < -0.3 is 25.2 Å². The maximum atomic E-state index is 12.8. The molecule has 12 heteroatoms. The molecule has 2 heterocycles. The van der Waals surface area contributed by atoms with Crippen molar-refractivity contribution in [3.63, 3.8) is 0 Å². The van der Waals surface area contributed by atoms with E-state index in [9.17, 15) is 23.1 Å². The number of aromatic nitrogens is 3. The summed E-state index contributed by atoms with van der Waals surface area (Å²) in [5, 5.41) is 15.9. The average molecular weight is 498 g/mol. The maximum absolute atomic E-state index is 12.8. The minimum atomic E-state index is -4.30. The molecule has 2 aromatic heterocycles. The molecule has 2 aromatic rings. The van der Waals surface area contributed by atoms with Gasteiger partial charge in [-0.25, -0.2) is 19.7 Å². The molecule has 2 aliphatic rings. The van der Waals surface area contributed by atoms with Crippen LogP contribution in [0.15, 0.2) is 12.4 Å². The highest BCUT2D eigenvalue weighted by Crippen LogP contribution is 2.38. The highest BCUT2D eigenvalue weighted by atomic mass is 19.4. The molecule has 1 atom stereocenters. The zero-order chi connectivity index (χ0) is 25.2. The van der Waals surface area contributed by atoms with Crippen molar-refractivity contribution < 1.29 is 32.5 Å². The molecule has 0 aliphatic heterocycles. The summed E-state index contributed by atoms with van der Waals surface area (Å²) in [7, 11) is 1.31. The molecule has 35 heavy (non-hydrogen) atoms. The third-order valence-electron chi connectivity index (χ3n) is 6.54. The number of halogens is 3. The Hall–Kier alpha value is -2.89. The Bertz CT molecular complexity index is 1040. The number of nitrogens with zero attached hydrogens (tertiary/aromatic N) is 3. The molecule has 2 saturated carbocycles. The summed E-state index contributed by atoms with van der Waals surface area (Å²) >= 11 is 0. The van der Waals surface area contributed by atoms with Gasteiger partial charge in [0.15, 0.2) is 0 Å². The first-order valence-corrected chi connectivity index (χ1v) is 11.8. The third-order valence-corrected chi connectivity index (χ3v) is 6.54. The summed E-state index contributed by atoms with van der Waals surface area (Å²) in [4.78, 5) is 24.7. The van der Waals surface area contributed by atoms with Crippen LogP contribution in [0.25, 0.3) is 10.9 Å². The van der Waals surface area contributed by atoms with E-state index in [0.717, 1.165) is 18.4 Å². The number of amides is 1. The lowest BCUT2D eigenvalue weighted by molar-refractivity contribution is -0.136. The second-order valence-corrected chi connectivity index (χ2v) is 9.39. The minimum absolute atomic E-state index is 0.0474. The summed E-state index contributed by atoms with van der Waals surface area (Å²) < 4.78 is 49.0. The SMILES string of the molecule is COC(=O)NC1CC(Oc2ncc(C3CCC(O)CC3)c3nc(N[C@@H](C)CC(F)(F)F)ncc23)C1. The number of anilines is 1. The van der Waals surface area contributed by atoms with Crippen LogP contribution in [-0.4, -0.2) is 63.7 Å². The van der Waals surface area contributed by atoms with Gasteiger partial charge in [0.2, 0.25) is 11.8 Å². The van der Waals surface area contributed by atoms with Gasteiger partial charge >= 0.3 is 12.3 Å². The molecule has 3 N–H and O–H groups in total. The van der Waals surface area contributed by atoms with Crippen molar-refractivity contribution in [1.29, 1.82) is 0 Å². The van der Waals surface area contributed by atoms with E-state index in [1.807, 2.05) is 0 Å². The second kappa shape index (κ2) is 10.4. The van der Waals surface area contributed by atoms with Crippen molar-refractivity contribution in [2.45, 2.75) is 88.3 Å². The first-order valence-electron chi connectivity index (χ1n) is 11.8. The van der Waals surface area contributed by atoms with E-state index in [0.29, 0.717) is 42.5 Å². The molecule has 0 unspecified atom stereocenters. The Balaban J connectivity index is 1.56. The van der Waals surface area contributed by atoms with Gasteiger partial charge in [0.25, 0.3) is 0 Å². The molecule has 0 aromatic carbocycles. The van der Waals surface area contributed by atoms with Crippen LogP contribution < -0.4 is 15.4 Å². The van der Waals surface area contributed by atoms with E-state index in [1.54, 1.807) is 6.20 Å². The van der Waals surface area contributed by atoms with Gasteiger partial charge in [-0.1, -0.05) is 0 Å². The first-order chi connectivity index (χ1) is 16.6. The van der Waals surface area contributed by atoms with Crippen molar-refractivity contribution in [3.05, 3.63) is 18.0 Å². The Kier molecular flexibility index (Phi) is 7.48. The molecule has 0 saturated heterocycles. The number of rotatable bonds is 7. The topological polar surface area (TPSA) is 118 Å². The molecule has 4 rings (SSSR count). The number of fused-ring (bicyclic) bond motifs is 1. The van der Waals surface area contributed by atoms with E-state index >= 15 is 0 Å². The Labute approximate surface area is 200 Å². The number of alkyl carbamates (subject to hydrolysis) is 1. The Morgan fingerprint density at radius 2 is 1.91 bits per heavy atom. The molecule has 0 spiro atoms. The highest BCUT2D eigenvalue weighted by molar-refractivity contribution is 5.86. The van der Waals surface area contributed by atoms with E-state index in [4.69, 9.17) is 4.74 Å². The molecule has 1 amide bonds. The standard InChI is InChI=1S/C23H30F3N5O4/c1-12(9-23(24,25)26)29-21-28-11-18-19(31-21)17(13-3-5-15(32)6-4-13)10-27-20(18)35-16-7-14(8-16)30-22(33)34-2/h10-16,32H,3-9H2,1-2H3,(H,30,33)(H,28,29,31)/t12-,13?,14?,15?,16?/m0/s1. The summed E-state index contributed by atoms with van der Waals surface area (Å²) in [5.41, 5.74) is 1.45. The number of methoxy groups -OCH3 is 1. The zero-order valence-electron chi connectivity index (χ0n) is 19.6. The molecule has 2 aliphatic carbocycles. The van der Waals surface area contributed by atoms with E-state index in [-0.39, 0.29) is 30.1 Å².